The fraction of sp³-hybridized carbons (Fsp3) is 0.250. The third kappa shape index (κ3) is 4.47. The van der Waals surface area contributed by atoms with Crippen molar-refractivity contribution in [3.8, 4) is 0 Å². The highest BCUT2D eigenvalue weighted by Gasteiger charge is 2.22. The van der Waals surface area contributed by atoms with Crippen LogP contribution in [0, 0.1) is 5.92 Å². The zero-order chi connectivity index (χ0) is 16.8. The highest BCUT2D eigenvalue weighted by atomic mass is 35.5. The van der Waals surface area contributed by atoms with E-state index in [2.05, 4.69) is 0 Å². The van der Waals surface area contributed by atoms with E-state index < -0.39 is 0 Å². The lowest BCUT2D eigenvalue weighted by atomic mass is 10.1. The Labute approximate surface area is 147 Å². The van der Waals surface area contributed by atoms with Gasteiger partial charge in [0, 0.05) is 35.9 Å². The van der Waals surface area contributed by atoms with Gasteiger partial charge in [0.05, 0.1) is 6.61 Å². The number of anilines is 1. The van der Waals surface area contributed by atoms with Crippen LogP contribution in [0.15, 0.2) is 60.7 Å². The number of halogens is 1. The van der Waals surface area contributed by atoms with Gasteiger partial charge in [-0.25, -0.2) is 0 Å². The van der Waals surface area contributed by atoms with Crippen LogP contribution >= 0.6 is 11.6 Å². The summed E-state index contributed by atoms with van der Waals surface area (Å²) in [6, 6.07) is 17.2. The molecular formula is C20H20ClNO2. The van der Waals surface area contributed by atoms with E-state index in [1.807, 2.05) is 65.6 Å². The summed E-state index contributed by atoms with van der Waals surface area (Å²) in [5, 5.41) is 0.686. The molecular weight excluding hydrogens is 322 g/mol. The highest BCUT2D eigenvalue weighted by Crippen LogP contribution is 2.20. The molecule has 1 amide bonds. The summed E-state index contributed by atoms with van der Waals surface area (Å²) >= 11 is 5.89. The van der Waals surface area contributed by atoms with Crippen molar-refractivity contribution < 1.29 is 9.53 Å². The third-order valence-electron chi connectivity index (χ3n) is 4.09. The molecule has 2 aromatic rings. The molecule has 1 aliphatic rings. The number of carbonyl (C=O) groups is 1. The van der Waals surface area contributed by atoms with Crippen molar-refractivity contribution in [1.82, 2.24) is 0 Å². The van der Waals surface area contributed by atoms with Gasteiger partial charge in [0.2, 0.25) is 0 Å². The van der Waals surface area contributed by atoms with Crippen molar-refractivity contribution in [1.29, 1.82) is 0 Å². The second-order valence-corrected chi connectivity index (χ2v) is 6.34. The Balaban J connectivity index is 1.76. The molecule has 0 spiro atoms. The van der Waals surface area contributed by atoms with Gasteiger partial charge in [-0.1, -0.05) is 41.9 Å². The maximum Gasteiger partial charge on any atom is 0.250 e. The summed E-state index contributed by atoms with van der Waals surface area (Å²) in [5.74, 6) is 0.362. The third-order valence-corrected chi connectivity index (χ3v) is 4.34. The monoisotopic (exact) mass is 341 g/mol. The van der Waals surface area contributed by atoms with Gasteiger partial charge in [0.15, 0.2) is 0 Å². The van der Waals surface area contributed by atoms with E-state index in [0.717, 1.165) is 30.9 Å². The lowest BCUT2D eigenvalue weighted by molar-refractivity contribution is -0.114. The van der Waals surface area contributed by atoms with Crippen molar-refractivity contribution in [3.63, 3.8) is 0 Å². The number of amides is 1. The molecule has 1 unspecified atom stereocenters. The Kier molecular flexibility index (Phi) is 5.68. The van der Waals surface area contributed by atoms with Crippen molar-refractivity contribution in [2.45, 2.75) is 6.42 Å². The molecule has 3 nitrogen and oxygen atoms in total. The number of para-hydroxylation sites is 1. The first-order valence-corrected chi connectivity index (χ1v) is 8.48. The van der Waals surface area contributed by atoms with E-state index in [-0.39, 0.29) is 5.91 Å². The molecule has 0 aromatic heterocycles. The standard InChI is InChI=1S/C20H20ClNO2/c21-18-9-6-16(7-10-18)8-11-20(23)22(14-17-12-13-24-15-17)19-4-2-1-3-5-19/h1-11,17H,12-15H2. The van der Waals surface area contributed by atoms with E-state index in [0.29, 0.717) is 17.5 Å². The summed E-state index contributed by atoms with van der Waals surface area (Å²) in [6.45, 7) is 2.17. The van der Waals surface area contributed by atoms with E-state index in [9.17, 15) is 4.79 Å². The summed E-state index contributed by atoms with van der Waals surface area (Å²) in [6.07, 6.45) is 4.43. The lowest BCUT2D eigenvalue weighted by Crippen LogP contribution is -2.34. The molecule has 1 atom stereocenters. The number of rotatable bonds is 5. The molecule has 2 aromatic carbocycles. The number of nitrogens with zero attached hydrogens (tertiary/aromatic N) is 1. The second kappa shape index (κ2) is 8.13. The number of carbonyl (C=O) groups excluding carboxylic acids is 1. The maximum atomic E-state index is 12.7. The van der Waals surface area contributed by atoms with Crippen LogP contribution in [0.4, 0.5) is 5.69 Å². The minimum Gasteiger partial charge on any atom is -0.381 e. The first kappa shape index (κ1) is 16.7. The first-order valence-electron chi connectivity index (χ1n) is 8.10. The van der Waals surface area contributed by atoms with Crippen LogP contribution in [0.3, 0.4) is 0 Å². The molecule has 0 radical (unpaired) electrons. The van der Waals surface area contributed by atoms with Crippen LogP contribution in [0.25, 0.3) is 6.08 Å². The fourth-order valence-corrected chi connectivity index (χ4v) is 2.87. The van der Waals surface area contributed by atoms with Crippen molar-refractivity contribution in [2.75, 3.05) is 24.7 Å². The lowest BCUT2D eigenvalue weighted by Gasteiger charge is -2.24. The topological polar surface area (TPSA) is 29.5 Å². The van der Waals surface area contributed by atoms with E-state index >= 15 is 0 Å². The Morgan fingerprint density at radius 3 is 2.58 bits per heavy atom. The van der Waals surface area contributed by atoms with E-state index in [1.54, 1.807) is 6.08 Å². The molecule has 1 heterocycles. The molecule has 0 aliphatic carbocycles. The van der Waals surface area contributed by atoms with Crippen LogP contribution in [-0.2, 0) is 9.53 Å². The van der Waals surface area contributed by atoms with Crippen molar-refractivity contribution in [3.05, 3.63) is 71.3 Å². The molecule has 4 heteroatoms. The zero-order valence-corrected chi connectivity index (χ0v) is 14.2. The van der Waals surface area contributed by atoms with Crippen molar-refractivity contribution >= 4 is 29.3 Å². The average Bonchev–Trinajstić information content (AvgIpc) is 3.13. The molecule has 124 valence electrons. The molecule has 1 saturated heterocycles. The van der Waals surface area contributed by atoms with Crippen LogP contribution < -0.4 is 4.90 Å². The SMILES string of the molecule is O=C(C=Cc1ccc(Cl)cc1)N(CC1CCOC1)c1ccccc1. The van der Waals surface area contributed by atoms with Gasteiger partial charge in [-0.2, -0.15) is 0 Å². The van der Waals surface area contributed by atoms with E-state index in [1.165, 1.54) is 0 Å². The van der Waals surface area contributed by atoms with Gasteiger partial charge in [-0.05, 0) is 42.3 Å². The van der Waals surface area contributed by atoms with Gasteiger partial charge in [-0.3, -0.25) is 4.79 Å². The normalized spacial score (nSPS) is 17.3. The fourth-order valence-electron chi connectivity index (χ4n) is 2.75. The molecule has 0 bridgehead atoms. The molecule has 3 rings (SSSR count). The minimum atomic E-state index is -0.0250. The number of benzene rings is 2. The number of hydrogen-bond acceptors (Lipinski definition) is 2. The van der Waals surface area contributed by atoms with E-state index in [4.69, 9.17) is 16.3 Å². The highest BCUT2D eigenvalue weighted by molar-refractivity contribution is 6.30. The molecule has 24 heavy (non-hydrogen) atoms. The van der Waals surface area contributed by atoms with Crippen LogP contribution in [0.1, 0.15) is 12.0 Å². The van der Waals surface area contributed by atoms with Gasteiger partial charge in [-0.15, -0.1) is 0 Å². The van der Waals surface area contributed by atoms with Gasteiger partial charge >= 0.3 is 0 Å². The summed E-state index contributed by atoms with van der Waals surface area (Å²) in [5.41, 5.74) is 1.86. The van der Waals surface area contributed by atoms with Gasteiger partial charge in [0.25, 0.3) is 5.91 Å². The smallest absolute Gasteiger partial charge is 0.250 e. The first-order chi connectivity index (χ1) is 11.7. The number of hydrogen-bond donors (Lipinski definition) is 0. The van der Waals surface area contributed by atoms with Gasteiger partial charge in [0.1, 0.15) is 0 Å². The summed E-state index contributed by atoms with van der Waals surface area (Å²) in [7, 11) is 0. The average molecular weight is 342 g/mol. The van der Waals surface area contributed by atoms with Crippen LogP contribution in [0.2, 0.25) is 5.02 Å². The van der Waals surface area contributed by atoms with Gasteiger partial charge < -0.3 is 9.64 Å². The second-order valence-electron chi connectivity index (χ2n) is 5.90. The predicted molar refractivity (Wildman–Crippen MR) is 98.2 cm³/mol. The van der Waals surface area contributed by atoms with Crippen LogP contribution in [0.5, 0.6) is 0 Å². The molecule has 0 N–H and O–H groups in total. The molecule has 1 fully saturated rings. The quantitative estimate of drug-likeness (QED) is 0.753. The maximum absolute atomic E-state index is 12.7. The Hall–Kier alpha value is -2.10. The summed E-state index contributed by atoms with van der Waals surface area (Å²) in [4.78, 5) is 14.6. The minimum absolute atomic E-state index is 0.0250. The predicted octanol–water partition coefficient (Wildman–Crippen LogP) is 4.42. The number of ether oxygens (including phenoxy) is 1. The zero-order valence-electron chi connectivity index (χ0n) is 13.4. The summed E-state index contributed by atoms with van der Waals surface area (Å²) < 4.78 is 5.45. The molecule has 0 saturated carbocycles. The Morgan fingerprint density at radius 1 is 1.17 bits per heavy atom. The van der Waals surface area contributed by atoms with Crippen molar-refractivity contribution in [2.24, 2.45) is 5.92 Å². The van der Waals surface area contributed by atoms with Crippen LogP contribution in [-0.4, -0.2) is 25.7 Å². The Bertz CT molecular complexity index is 691. The Morgan fingerprint density at radius 2 is 1.92 bits per heavy atom. The molecule has 1 aliphatic heterocycles. The largest absolute Gasteiger partial charge is 0.381 e.